The number of benzene rings is 1. The summed E-state index contributed by atoms with van der Waals surface area (Å²) in [7, 11) is 0. The molecule has 0 bridgehead atoms. The number of nitrogens with zero attached hydrogens (tertiary/aromatic N) is 1. The molecule has 5 heteroatoms. The van der Waals surface area contributed by atoms with E-state index in [1.54, 1.807) is 18.2 Å². The predicted octanol–water partition coefficient (Wildman–Crippen LogP) is 3.35. The van der Waals surface area contributed by atoms with E-state index in [1.807, 2.05) is 13.8 Å². The van der Waals surface area contributed by atoms with Gasteiger partial charge in [0.2, 0.25) is 0 Å². The Morgan fingerprint density at radius 2 is 2.11 bits per heavy atom. The largest absolute Gasteiger partial charge is 0.484 e. The molecule has 1 saturated carbocycles. The molecule has 0 saturated heterocycles. The second kappa shape index (κ2) is 4.48. The zero-order chi connectivity index (χ0) is 13.3. The highest BCUT2D eigenvalue weighted by molar-refractivity contribution is 5.69. The standard InChI is InChI=1S/C13H18N2O3/c1-9(2)18-11-6-4-5-10(12(11)15(16)17)14-13(3)7-8-13/h4-6,9,14H,7-8H2,1-3H3. The molecule has 1 aromatic rings. The average Bonchev–Trinajstić information content (AvgIpc) is 2.94. The average molecular weight is 250 g/mol. The molecule has 5 nitrogen and oxygen atoms in total. The SMILES string of the molecule is CC(C)Oc1cccc(NC2(C)CC2)c1[N+](=O)[O-]. The molecular weight excluding hydrogens is 232 g/mol. The van der Waals surface area contributed by atoms with Crippen molar-refractivity contribution in [3.63, 3.8) is 0 Å². The highest BCUT2D eigenvalue weighted by Crippen LogP contribution is 2.43. The first kappa shape index (κ1) is 12.7. The Labute approximate surface area is 106 Å². The van der Waals surface area contributed by atoms with E-state index in [1.165, 1.54) is 0 Å². The van der Waals surface area contributed by atoms with E-state index in [0.29, 0.717) is 11.4 Å². The van der Waals surface area contributed by atoms with Gasteiger partial charge in [0.1, 0.15) is 5.69 Å². The number of hydrogen-bond donors (Lipinski definition) is 1. The van der Waals surface area contributed by atoms with Crippen molar-refractivity contribution in [2.75, 3.05) is 5.32 Å². The summed E-state index contributed by atoms with van der Waals surface area (Å²) < 4.78 is 5.50. The van der Waals surface area contributed by atoms with Crippen molar-refractivity contribution >= 4 is 11.4 Å². The summed E-state index contributed by atoms with van der Waals surface area (Å²) in [5.74, 6) is 0.323. The van der Waals surface area contributed by atoms with Crippen LogP contribution < -0.4 is 10.1 Å². The Morgan fingerprint density at radius 3 is 2.61 bits per heavy atom. The monoisotopic (exact) mass is 250 g/mol. The molecule has 2 rings (SSSR count). The summed E-state index contributed by atoms with van der Waals surface area (Å²) in [5, 5.41) is 14.5. The van der Waals surface area contributed by atoms with Crippen molar-refractivity contribution in [3.05, 3.63) is 28.3 Å². The minimum absolute atomic E-state index is 0.00120. The zero-order valence-corrected chi connectivity index (χ0v) is 10.9. The molecule has 1 fully saturated rings. The van der Waals surface area contributed by atoms with Gasteiger partial charge in [0.05, 0.1) is 11.0 Å². The van der Waals surface area contributed by atoms with Gasteiger partial charge in [-0.25, -0.2) is 0 Å². The molecule has 0 radical (unpaired) electrons. The summed E-state index contributed by atoms with van der Waals surface area (Å²) in [6, 6.07) is 5.15. The van der Waals surface area contributed by atoms with E-state index < -0.39 is 0 Å². The van der Waals surface area contributed by atoms with Gasteiger partial charge in [0.25, 0.3) is 0 Å². The van der Waals surface area contributed by atoms with Gasteiger partial charge in [-0.1, -0.05) is 6.07 Å². The molecule has 18 heavy (non-hydrogen) atoms. The van der Waals surface area contributed by atoms with Crippen LogP contribution in [-0.2, 0) is 0 Å². The lowest BCUT2D eigenvalue weighted by Crippen LogP contribution is -2.17. The fourth-order valence-electron chi connectivity index (χ4n) is 1.80. The summed E-state index contributed by atoms with van der Waals surface area (Å²) in [6.07, 6.45) is 1.99. The molecule has 0 spiro atoms. The molecule has 0 amide bonds. The Balaban J connectivity index is 2.35. The fourth-order valence-corrected chi connectivity index (χ4v) is 1.80. The molecule has 0 unspecified atom stereocenters. The molecule has 1 aliphatic rings. The smallest absolute Gasteiger partial charge is 0.333 e. The number of rotatable bonds is 5. The van der Waals surface area contributed by atoms with E-state index in [0.717, 1.165) is 12.8 Å². The van der Waals surface area contributed by atoms with Gasteiger partial charge >= 0.3 is 5.69 Å². The third-order valence-corrected chi connectivity index (χ3v) is 2.98. The van der Waals surface area contributed by atoms with Crippen LogP contribution in [0, 0.1) is 10.1 Å². The quantitative estimate of drug-likeness (QED) is 0.643. The lowest BCUT2D eigenvalue weighted by Gasteiger charge is -2.16. The van der Waals surface area contributed by atoms with Crippen LogP contribution in [0.1, 0.15) is 33.6 Å². The lowest BCUT2D eigenvalue weighted by molar-refractivity contribution is -0.385. The minimum atomic E-state index is -0.383. The Hall–Kier alpha value is -1.78. The van der Waals surface area contributed by atoms with E-state index >= 15 is 0 Å². The Morgan fingerprint density at radius 1 is 1.44 bits per heavy atom. The first-order valence-corrected chi connectivity index (χ1v) is 6.13. The summed E-state index contributed by atoms with van der Waals surface area (Å²) >= 11 is 0. The van der Waals surface area contributed by atoms with Gasteiger partial charge in [-0.2, -0.15) is 0 Å². The van der Waals surface area contributed by atoms with Gasteiger partial charge in [-0.05, 0) is 45.7 Å². The van der Waals surface area contributed by atoms with Crippen LogP contribution in [0.5, 0.6) is 5.75 Å². The molecule has 0 aliphatic heterocycles. The molecule has 0 atom stereocenters. The van der Waals surface area contributed by atoms with Gasteiger partial charge in [0.15, 0.2) is 5.75 Å². The maximum Gasteiger partial charge on any atom is 0.333 e. The summed E-state index contributed by atoms with van der Waals surface area (Å²) in [4.78, 5) is 10.8. The predicted molar refractivity (Wildman–Crippen MR) is 70.1 cm³/mol. The number of anilines is 1. The molecular formula is C13H18N2O3. The van der Waals surface area contributed by atoms with Gasteiger partial charge in [0, 0.05) is 5.54 Å². The van der Waals surface area contributed by atoms with Crippen LogP contribution in [0.2, 0.25) is 0 Å². The number of nitro groups is 1. The van der Waals surface area contributed by atoms with Crippen LogP contribution in [0.15, 0.2) is 18.2 Å². The number of ether oxygens (including phenoxy) is 1. The summed E-state index contributed by atoms with van der Waals surface area (Å²) in [5.41, 5.74) is 0.568. The molecule has 0 heterocycles. The lowest BCUT2D eigenvalue weighted by atomic mass is 10.2. The third-order valence-electron chi connectivity index (χ3n) is 2.98. The number of para-hydroxylation sites is 1. The van der Waals surface area contributed by atoms with Gasteiger partial charge in [-0.15, -0.1) is 0 Å². The molecule has 98 valence electrons. The second-order valence-electron chi connectivity index (χ2n) is 5.26. The molecule has 0 aromatic heterocycles. The van der Waals surface area contributed by atoms with Crippen LogP contribution in [-0.4, -0.2) is 16.6 Å². The highest BCUT2D eigenvalue weighted by Gasteiger charge is 2.39. The third kappa shape index (κ3) is 2.72. The van der Waals surface area contributed by atoms with Crippen LogP contribution >= 0.6 is 0 Å². The topological polar surface area (TPSA) is 64.4 Å². The van der Waals surface area contributed by atoms with Crippen LogP contribution in [0.4, 0.5) is 11.4 Å². The van der Waals surface area contributed by atoms with Crippen molar-refractivity contribution in [1.29, 1.82) is 0 Å². The van der Waals surface area contributed by atoms with Crippen molar-refractivity contribution in [3.8, 4) is 5.75 Å². The zero-order valence-electron chi connectivity index (χ0n) is 10.9. The Kier molecular flexibility index (Phi) is 3.15. The van der Waals surface area contributed by atoms with Crippen molar-refractivity contribution in [1.82, 2.24) is 0 Å². The summed E-state index contributed by atoms with van der Waals surface area (Å²) in [6.45, 7) is 5.77. The van der Waals surface area contributed by atoms with Gasteiger partial charge < -0.3 is 10.1 Å². The van der Waals surface area contributed by atoms with Crippen molar-refractivity contribution in [2.45, 2.75) is 45.3 Å². The molecule has 1 aliphatic carbocycles. The van der Waals surface area contributed by atoms with E-state index in [-0.39, 0.29) is 22.3 Å². The maximum absolute atomic E-state index is 11.2. The second-order valence-corrected chi connectivity index (χ2v) is 5.26. The minimum Gasteiger partial charge on any atom is -0.484 e. The normalized spacial score (nSPS) is 16.4. The van der Waals surface area contributed by atoms with E-state index in [4.69, 9.17) is 4.74 Å². The van der Waals surface area contributed by atoms with Crippen LogP contribution in [0.25, 0.3) is 0 Å². The van der Waals surface area contributed by atoms with E-state index in [2.05, 4.69) is 12.2 Å². The maximum atomic E-state index is 11.2. The van der Waals surface area contributed by atoms with Gasteiger partial charge in [-0.3, -0.25) is 10.1 Å². The fraction of sp³-hybridized carbons (Fsp3) is 0.538. The Bertz CT molecular complexity index is 467. The first-order valence-electron chi connectivity index (χ1n) is 6.13. The van der Waals surface area contributed by atoms with Crippen LogP contribution in [0.3, 0.4) is 0 Å². The van der Waals surface area contributed by atoms with Crippen molar-refractivity contribution in [2.24, 2.45) is 0 Å². The van der Waals surface area contributed by atoms with E-state index in [9.17, 15) is 10.1 Å². The highest BCUT2D eigenvalue weighted by atomic mass is 16.6. The molecule has 1 aromatic carbocycles. The number of nitro benzene ring substituents is 1. The molecule has 1 N–H and O–H groups in total. The number of nitrogens with one attached hydrogen (secondary N) is 1. The first-order chi connectivity index (χ1) is 8.41. The number of hydrogen-bond acceptors (Lipinski definition) is 4. The van der Waals surface area contributed by atoms with Crippen molar-refractivity contribution < 1.29 is 9.66 Å².